The second kappa shape index (κ2) is 10.9. The topological polar surface area (TPSA) is 277 Å². The molecule has 44 heavy (non-hydrogen) atoms. The number of benzene rings is 3. The highest BCUT2D eigenvalue weighted by molar-refractivity contribution is 5.91. The van der Waals surface area contributed by atoms with E-state index in [1.165, 1.54) is 6.92 Å². The van der Waals surface area contributed by atoms with Crippen molar-refractivity contribution < 1.29 is 74.5 Å². The molecular formula is C28H24O16. The fourth-order valence-corrected chi connectivity index (χ4v) is 4.55. The highest BCUT2D eigenvalue weighted by Crippen LogP contribution is 2.43. The summed E-state index contributed by atoms with van der Waals surface area (Å²) in [5.41, 5.74) is -2.28. The van der Waals surface area contributed by atoms with Crippen LogP contribution in [0.1, 0.15) is 17.3 Å². The molecule has 0 radical (unpaired) electrons. The van der Waals surface area contributed by atoms with Crippen molar-refractivity contribution in [2.45, 2.75) is 37.6 Å². The summed E-state index contributed by atoms with van der Waals surface area (Å²) in [5, 5.41) is 100. The standard InChI is InChI=1S/C28H24O16/c1-8-19(35)23(39)26(43-27(40)10-4-15(33)21(37)16(34)5-10)28(41-8)44-25-22(38)18-12(30)6-11(29)7-17(18)42-24(25)9-2-13(31)20(36)14(32)3-9/h2-8,19,23,26,28-37,39H,1H3/t8?,19-,23?,26-,28-/m0/s1. The minimum absolute atomic E-state index is 0.275. The molecule has 2 heterocycles. The van der Waals surface area contributed by atoms with Crippen LogP contribution in [0.3, 0.4) is 0 Å². The van der Waals surface area contributed by atoms with Gasteiger partial charge in [0.1, 0.15) is 34.7 Å². The Hall–Kier alpha value is -5.58. The normalized spacial score (nSPS) is 21.7. The Kier molecular flexibility index (Phi) is 7.42. The Balaban J connectivity index is 1.64. The number of phenols is 8. The van der Waals surface area contributed by atoms with Gasteiger partial charge in [-0.25, -0.2) is 4.79 Å². The molecule has 2 unspecified atom stereocenters. The predicted molar refractivity (Wildman–Crippen MR) is 144 cm³/mol. The van der Waals surface area contributed by atoms with Crippen molar-refractivity contribution in [3.05, 3.63) is 52.2 Å². The van der Waals surface area contributed by atoms with Crippen LogP contribution in [0.4, 0.5) is 0 Å². The summed E-state index contributed by atoms with van der Waals surface area (Å²) in [6, 6.07) is 5.02. The Labute approximate surface area is 244 Å². The molecule has 1 aliphatic rings. The average Bonchev–Trinajstić information content (AvgIpc) is 2.95. The number of phenolic OH excluding ortho intramolecular Hbond substituents is 8. The molecule has 0 bridgehead atoms. The number of rotatable bonds is 5. The number of fused-ring (bicyclic) bond motifs is 1. The van der Waals surface area contributed by atoms with E-state index in [9.17, 15) is 60.7 Å². The van der Waals surface area contributed by atoms with Gasteiger partial charge in [0.2, 0.25) is 17.5 Å². The summed E-state index contributed by atoms with van der Waals surface area (Å²) < 4.78 is 22.3. The maximum absolute atomic E-state index is 13.7. The number of hydrogen-bond donors (Lipinski definition) is 10. The zero-order valence-electron chi connectivity index (χ0n) is 22.3. The van der Waals surface area contributed by atoms with E-state index in [2.05, 4.69) is 0 Å². The van der Waals surface area contributed by atoms with E-state index in [0.717, 1.165) is 36.4 Å². The maximum atomic E-state index is 13.7. The number of aliphatic hydroxyl groups excluding tert-OH is 2. The van der Waals surface area contributed by atoms with Gasteiger partial charge in [-0.15, -0.1) is 0 Å². The van der Waals surface area contributed by atoms with E-state index >= 15 is 0 Å². The summed E-state index contributed by atoms with van der Waals surface area (Å²) in [6.07, 6.45) is -8.63. The third kappa shape index (κ3) is 5.13. The molecule has 16 nitrogen and oxygen atoms in total. The minimum atomic E-state index is -1.93. The van der Waals surface area contributed by atoms with Crippen LogP contribution in [-0.4, -0.2) is 87.7 Å². The second-order valence-electron chi connectivity index (χ2n) is 9.83. The lowest BCUT2D eigenvalue weighted by Crippen LogP contribution is -2.60. The van der Waals surface area contributed by atoms with E-state index in [1.54, 1.807) is 0 Å². The Morgan fingerprint density at radius 3 is 1.93 bits per heavy atom. The van der Waals surface area contributed by atoms with Crippen molar-refractivity contribution in [1.29, 1.82) is 0 Å². The van der Waals surface area contributed by atoms with Crippen LogP contribution in [0.15, 0.2) is 45.6 Å². The number of aliphatic hydroxyl groups is 2. The molecule has 0 amide bonds. The third-order valence-corrected chi connectivity index (χ3v) is 6.82. The van der Waals surface area contributed by atoms with Gasteiger partial charge >= 0.3 is 5.97 Å². The van der Waals surface area contributed by atoms with Gasteiger partial charge in [-0.1, -0.05) is 0 Å². The summed E-state index contributed by atoms with van der Waals surface area (Å²) in [7, 11) is 0. The predicted octanol–water partition coefficient (Wildman–Crippen LogP) is 1.18. The number of ether oxygens (including phenoxy) is 3. The van der Waals surface area contributed by atoms with Crippen molar-refractivity contribution >= 4 is 16.9 Å². The molecule has 1 aliphatic heterocycles. The van der Waals surface area contributed by atoms with Gasteiger partial charge in [-0.05, 0) is 31.2 Å². The minimum Gasteiger partial charge on any atom is -0.508 e. The SMILES string of the molecule is CC1O[C@@H](Oc2c(-c3cc(O)c(O)c(O)c3)oc3cc(O)cc(O)c3c2=O)[C@@H](OC(=O)c2cc(O)c(O)c(O)c2)C(O)[C@H]1O. The molecule has 4 aromatic rings. The smallest absolute Gasteiger partial charge is 0.339 e. The van der Waals surface area contributed by atoms with Gasteiger partial charge in [0.05, 0.1) is 11.7 Å². The van der Waals surface area contributed by atoms with Crippen molar-refractivity contribution in [2.24, 2.45) is 0 Å². The lowest BCUT2D eigenvalue weighted by atomic mass is 9.99. The zero-order chi connectivity index (χ0) is 32.2. The number of carbonyl (C=O) groups excluding carboxylic acids is 1. The van der Waals surface area contributed by atoms with E-state index in [4.69, 9.17) is 18.6 Å². The molecule has 5 rings (SSSR count). The molecule has 232 valence electrons. The van der Waals surface area contributed by atoms with Crippen LogP contribution in [0.5, 0.6) is 51.7 Å². The molecule has 10 N–H and O–H groups in total. The number of aromatic hydroxyl groups is 8. The zero-order valence-corrected chi connectivity index (χ0v) is 22.3. The van der Waals surface area contributed by atoms with Crippen molar-refractivity contribution in [3.63, 3.8) is 0 Å². The molecule has 1 saturated heterocycles. The Morgan fingerprint density at radius 2 is 1.34 bits per heavy atom. The van der Waals surface area contributed by atoms with Gasteiger partial charge in [-0.3, -0.25) is 4.79 Å². The molecule has 1 aromatic heterocycles. The summed E-state index contributed by atoms with van der Waals surface area (Å²) in [5.74, 6) is -9.22. The molecule has 1 fully saturated rings. The first-order valence-corrected chi connectivity index (χ1v) is 12.6. The lowest BCUT2D eigenvalue weighted by Gasteiger charge is -2.40. The van der Waals surface area contributed by atoms with E-state index in [-0.39, 0.29) is 11.1 Å². The van der Waals surface area contributed by atoms with Gasteiger partial charge in [0.25, 0.3) is 0 Å². The van der Waals surface area contributed by atoms with Crippen LogP contribution >= 0.6 is 0 Å². The second-order valence-corrected chi connectivity index (χ2v) is 9.83. The summed E-state index contributed by atoms with van der Waals surface area (Å²) >= 11 is 0. The molecule has 5 atom stereocenters. The molecule has 0 aliphatic carbocycles. The largest absolute Gasteiger partial charge is 0.508 e. The van der Waals surface area contributed by atoms with Crippen molar-refractivity contribution in [1.82, 2.24) is 0 Å². The fraction of sp³-hybridized carbons (Fsp3) is 0.214. The Morgan fingerprint density at radius 1 is 0.773 bits per heavy atom. The highest BCUT2D eigenvalue weighted by atomic mass is 16.7. The third-order valence-electron chi connectivity index (χ3n) is 6.82. The van der Waals surface area contributed by atoms with E-state index in [0.29, 0.717) is 0 Å². The number of esters is 1. The van der Waals surface area contributed by atoms with Gasteiger partial charge in [-0.2, -0.15) is 0 Å². The van der Waals surface area contributed by atoms with Gasteiger partial charge in [0, 0.05) is 17.7 Å². The van der Waals surface area contributed by atoms with Crippen LogP contribution in [0, 0.1) is 0 Å². The Bertz CT molecular complexity index is 1800. The van der Waals surface area contributed by atoms with Gasteiger partial charge in [0.15, 0.2) is 46.4 Å². The first-order valence-electron chi connectivity index (χ1n) is 12.6. The fourth-order valence-electron chi connectivity index (χ4n) is 4.55. The number of carbonyl (C=O) groups is 1. The van der Waals surface area contributed by atoms with Crippen LogP contribution in [0.2, 0.25) is 0 Å². The monoisotopic (exact) mass is 616 g/mol. The van der Waals surface area contributed by atoms with Crippen molar-refractivity contribution in [2.75, 3.05) is 0 Å². The van der Waals surface area contributed by atoms with Crippen LogP contribution in [0.25, 0.3) is 22.3 Å². The van der Waals surface area contributed by atoms with Crippen LogP contribution < -0.4 is 10.2 Å². The van der Waals surface area contributed by atoms with E-state index < -0.39 is 111 Å². The molecule has 16 heteroatoms. The molecule has 3 aromatic carbocycles. The highest BCUT2D eigenvalue weighted by Gasteiger charge is 2.47. The average molecular weight is 616 g/mol. The molecule has 0 saturated carbocycles. The summed E-state index contributed by atoms with van der Waals surface area (Å²) in [6.45, 7) is 1.31. The first kappa shape index (κ1) is 29.9. The first-order chi connectivity index (χ1) is 20.7. The quantitative estimate of drug-likeness (QED) is 0.111. The lowest BCUT2D eigenvalue weighted by molar-refractivity contribution is -0.267. The van der Waals surface area contributed by atoms with Crippen molar-refractivity contribution in [3.8, 4) is 63.1 Å². The molecule has 0 spiro atoms. The van der Waals surface area contributed by atoms with E-state index in [1.807, 2.05) is 0 Å². The molecular weight excluding hydrogens is 592 g/mol. The van der Waals surface area contributed by atoms with Gasteiger partial charge < -0.3 is 69.7 Å². The van der Waals surface area contributed by atoms with Crippen LogP contribution in [-0.2, 0) is 9.47 Å². The maximum Gasteiger partial charge on any atom is 0.339 e. The summed E-state index contributed by atoms with van der Waals surface area (Å²) in [4.78, 5) is 26.6. The number of hydrogen-bond acceptors (Lipinski definition) is 16.